The van der Waals surface area contributed by atoms with Crippen molar-refractivity contribution in [2.24, 2.45) is 0 Å². The molecule has 0 amide bonds. The number of halogens is 4. The molecular weight excluding hydrogens is 397 g/mol. The van der Waals surface area contributed by atoms with Gasteiger partial charge >= 0.3 is 0 Å². The highest BCUT2D eigenvalue weighted by atomic mass is 79.9. The van der Waals surface area contributed by atoms with Gasteiger partial charge in [-0.2, -0.15) is 8.78 Å². The molecule has 0 atom stereocenters. The number of hydrogen-bond acceptors (Lipinski definition) is 2. The molecule has 2 aromatic rings. The average Bonchev–Trinajstić information content (AvgIpc) is 2.43. The molecule has 22 heavy (non-hydrogen) atoms. The topological polar surface area (TPSA) is 24.1 Å². The normalized spacial score (nSPS) is 10.6. The van der Waals surface area contributed by atoms with E-state index in [1.54, 1.807) is 36.4 Å². The second kappa shape index (κ2) is 7.85. The van der Waals surface area contributed by atoms with Gasteiger partial charge in [-0.25, -0.2) is 4.39 Å². The maximum absolute atomic E-state index is 13.7. The average molecular weight is 407 g/mol. The first-order valence-corrected chi connectivity index (χ1v) is 8.10. The molecule has 0 heterocycles. The molecule has 0 radical (unpaired) electrons. The van der Waals surface area contributed by atoms with E-state index in [1.165, 1.54) is 6.07 Å². The van der Waals surface area contributed by atoms with Crippen molar-refractivity contribution in [2.75, 3.05) is 10.6 Å². The highest BCUT2D eigenvalue weighted by molar-refractivity contribution is 9.10. The minimum Gasteiger partial charge on any atom is -0.332 e. The van der Waals surface area contributed by atoms with E-state index in [9.17, 15) is 13.2 Å². The van der Waals surface area contributed by atoms with Gasteiger partial charge in [-0.1, -0.05) is 27.7 Å². The summed E-state index contributed by atoms with van der Waals surface area (Å²) in [5.74, 6) is -2.90. The molecule has 2 N–H and O–H groups in total. The van der Waals surface area contributed by atoms with Gasteiger partial charge in [0.15, 0.2) is 5.11 Å². The van der Waals surface area contributed by atoms with Crippen LogP contribution in [-0.4, -0.2) is 10.9 Å². The molecular formula is C14H10BrF3N2S2. The first-order chi connectivity index (χ1) is 10.4. The lowest BCUT2D eigenvalue weighted by molar-refractivity contribution is 0.252. The maximum Gasteiger partial charge on any atom is 0.288 e. The van der Waals surface area contributed by atoms with Gasteiger partial charge in [0, 0.05) is 15.1 Å². The van der Waals surface area contributed by atoms with E-state index in [1.807, 2.05) is 0 Å². The molecule has 2 aromatic carbocycles. The van der Waals surface area contributed by atoms with Crippen LogP contribution in [0, 0.1) is 5.82 Å². The summed E-state index contributed by atoms with van der Waals surface area (Å²) in [6, 6.07) is 10.9. The fourth-order valence-corrected chi connectivity index (χ4v) is 2.66. The lowest BCUT2D eigenvalue weighted by Crippen LogP contribution is -2.19. The van der Waals surface area contributed by atoms with Crippen molar-refractivity contribution in [3.8, 4) is 0 Å². The van der Waals surface area contributed by atoms with Crippen LogP contribution in [-0.2, 0) is 0 Å². The Labute approximate surface area is 143 Å². The fourth-order valence-electron chi connectivity index (χ4n) is 1.60. The maximum atomic E-state index is 13.7. The van der Waals surface area contributed by atoms with Gasteiger partial charge in [0.05, 0.1) is 5.69 Å². The van der Waals surface area contributed by atoms with Gasteiger partial charge in [-0.15, -0.1) is 0 Å². The zero-order valence-electron chi connectivity index (χ0n) is 10.9. The summed E-state index contributed by atoms with van der Waals surface area (Å²) in [7, 11) is 0. The molecule has 2 rings (SSSR count). The summed E-state index contributed by atoms with van der Waals surface area (Å²) in [4.78, 5) is 0.457. The number of rotatable bonds is 4. The third-order valence-electron chi connectivity index (χ3n) is 2.52. The Morgan fingerprint density at radius 3 is 2.36 bits per heavy atom. The standard InChI is InChI=1S/C14H10BrF3N2S2/c15-8-1-6-12(11(16)7-8)20-14(21)19-9-2-4-10(5-3-9)22-13(17)18/h1-7,13H,(H2,19,20,21). The van der Waals surface area contributed by atoms with Crippen molar-refractivity contribution < 1.29 is 13.2 Å². The Hall–Kier alpha value is -1.25. The molecule has 0 saturated heterocycles. The van der Waals surface area contributed by atoms with Crippen LogP contribution in [0.3, 0.4) is 0 Å². The first-order valence-electron chi connectivity index (χ1n) is 6.02. The smallest absolute Gasteiger partial charge is 0.288 e. The molecule has 116 valence electrons. The van der Waals surface area contributed by atoms with E-state index < -0.39 is 11.6 Å². The monoisotopic (exact) mass is 406 g/mol. The molecule has 0 aromatic heterocycles. The lowest BCUT2D eigenvalue weighted by atomic mass is 10.3. The molecule has 0 aliphatic carbocycles. The largest absolute Gasteiger partial charge is 0.332 e. The molecule has 0 saturated carbocycles. The minimum absolute atomic E-state index is 0.204. The zero-order valence-corrected chi connectivity index (χ0v) is 14.2. The number of thiocarbonyl (C=S) groups is 1. The van der Waals surface area contributed by atoms with Crippen molar-refractivity contribution in [3.63, 3.8) is 0 Å². The van der Waals surface area contributed by atoms with Crippen LogP contribution in [0.15, 0.2) is 51.8 Å². The summed E-state index contributed by atoms with van der Waals surface area (Å²) < 4.78 is 38.7. The number of hydrogen-bond donors (Lipinski definition) is 2. The van der Waals surface area contributed by atoms with E-state index in [2.05, 4.69) is 26.6 Å². The van der Waals surface area contributed by atoms with Crippen LogP contribution in [0.1, 0.15) is 0 Å². The summed E-state index contributed by atoms with van der Waals surface area (Å²) in [6.45, 7) is 0. The van der Waals surface area contributed by atoms with Crippen LogP contribution in [0.4, 0.5) is 24.5 Å². The van der Waals surface area contributed by atoms with E-state index in [0.717, 1.165) is 0 Å². The Balaban J connectivity index is 1.97. The Morgan fingerprint density at radius 1 is 1.09 bits per heavy atom. The molecule has 0 fully saturated rings. The second-order valence-corrected chi connectivity index (χ2v) is 6.49. The van der Waals surface area contributed by atoms with E-state index in [-0.39, 0.29) is 10.8 Å². The Kier molecular flexibility index (Phi) is 6.10. The SMILES string of the molecule is Fc1cc(Br)ccc1NC(=S)Nc1ccc(SC(F)F)cc1. The van der Waals surface area contributed by atoms with Gasteiger partial charge < -0.3 is 10.6 Å². The quantitative estimate of drug-likeness (QED) is 0.501. The third kappa shape index (κ3) is 5.19. The molecule has 0 aliphatic rings. The molecule has 0 bridgehead atoms. The molecule has 8 heteroatoms. The third-order valence-corrected chi connectivity index (χ3v) is 3.94. The van der Waals surface area contributed by atoms with Crippen LogP contribution >= 0.6 is 39.9 Å². The van der Waals surface area contributed by atoms with Gasteiger partial charge in [-0.3, -0.25) is 0 Å². The van der Waals surface area contributed by atoms with Crippen molar-refractivity contribution in [1.29, 1.82) is 0 Å². The van der Waals surface area contributed by atoms with Crippen molar-refractivity contribution >= 4 is 56.4 Å². The Bertz CT molecular complexity index is 666. The van der Waals surface area contributed by atoms with Gasteiger partial charge in [-0.05, 0) is 54.7 Å². The van der Waals surface area contributed by atoms with Crippen molar-refractivity contribution in [1.82, 2.24) is 0 Å². The van der Waals surface area contributed by atoms with Crippen molar-refractivity contribution in [2.45, 2.75) is 10.7 Å². The predicted molar refractivity (Wildman–Crippen MR) is 92.2 cm³/mol. The lowest BCUT2D eigenvalue weighted by Gasteiger charge is -2.11. The molecule has 0 aliphatic heterocycles. The van der Waals surface area contributed by atoms with E-state index >= 15 is 0 Å². The minimum atomic E-state index is -2.46. The van der Waals surface area contributed by atoms with Crippen LogP contribution in [0.5, 0.6) is 0 Å². The number of benzene rings is 2. The Morgan fingerprint density at radius 2 is 1.77 bits per heavy atom. The van der Waals surface area contributed by atoms with E-state index in [4.69, 9.17) is 12.2 Å². The van der Waals surface area contributed by atoms with E-state index in [0.29, 0.717) is 26.8 Å². The van der Waals surface area contributed by atoms with Crippen molar-refractivity contribution in [3.05, 3.63) is 52.8 Å². The van der Waals surface area contributed by atoms with Gasteiger partial charge in [0.25, 0.3) is 5.76 Å². The molecule has 0 unspecified atom stereocenters. The number of nitrogens with one attached hydrogen (secondary N) is 2. The summed E-state index contributed by atoms with van der Waals surface area (Å²) in [5, 5.41) is 5.79. The zero-order chi connectivity index (χ0) is 16.1. The number of thioether (sulfide) groups is 1. The number of anilines is 2. The summed E-state index contributed by atoms with van der Waals surface area (Å²) >= 11 is 8.72. The fraction of sp³-hybridized carbons (Fsp3) is 0.0714. The van der Waals surface area contributed by atoms with Crippen LogP contribution < -0.4 is 10.6 Å². The second-order valence-electron chi connectivity index (χ2n) is 4.11. The van der Waals surface area contributed by atoms with Crippen LogP contribution in [0.25, 0.3) is 0 Å². The number of alkyl halides is 2. The van der Waals surface area contributed by atoms with Gasteiger partial charge in [0.2, 0.25) is 0 Å². The first kappa shape index (κ1) is 17.1. The highest BCUT2D eigenvalue weighted by Gasteiger charge is 2.07. The highest BCUT2D eigenvalue weighted by Crippen LogP contribution is 2.26. The summed E-state index contributed by atoms with van der Waals surface area (Å²) in [6.07, 6.45) is 0. The molecule has 2 nitrogen and oxygen atoms in total. The predicted octanol–water partition coefficient (Wildman–Crippen LogP) is 5.71. The molecule has 0 spiro atoms. The van der Waals surface area contributed by atoms with Gasteiger partial charge in [0.1, 0.15) is 5.82 Å². The summed E-state index contributed by atoms with van der Waals surface area (Å²) in [5.41, 5.74) is 0.860. The van der Waals surface area contributed by atoms with Crippen LogP contribution in [0.2, 0.25) is 0 Å².